The molecule has 0 radical (unpaired) electrons. The summed E-state index contributed by atoms with van der Waals surface area (Å²) in [6.45, 7) is 11.9. The number of hydrogen-bond acceptors (Lipinski definition) is 4. The third-order valence-corrected chi connectivity index (χ3v) is 4.08. The van der Waals surface area contributed by atoms with Gasteiger partial charge in [-0.25, -0.2) is 0 Å². The van der Waals surface area contributed by atoms with Crippen LogP contribution in [0.25, 0.3) is 0 Å². The first kappa shape index (κ1) is 17.9. The van der Waals surface area contributed by atoms with Gasteiger partial charge in [-0.1, -0.05) is 13.3 Å². The van der Waals surface area contributed by atoms with Crippen LogP contribution in [-0.2, 0) is 4.74 Å². The van der Waals surface area contributed by atoms with Gasteiger partial charge in [-0.3, -0.25) is 4.90 Å². The van der Waals surface area contributed by atoms with E-state index in [0.29, 0.717) is 12.6 Å². The molecule has 0 saturated carbocycles. The molecule has 0 bridgehead atoms. The van der Waals surface area contributed by atoms with Crippen LogP contribution in [0.2, 0.25) is 0 Å². The Bertz CT molecular complexity index is 231. The first-order chi connectivity index (χ1) is 9.63. The van der Waals surface area contributed by atoms with Gasteiger partial charge in [-0.2, -0.15) is 0 Å². The van der Waals surface area contributed by atoms with E-state index >= 15 is 0 Å². The SMILES string of the molecule is CCCCOCC(O)CN(CC1CCNCC1)C(C)C. The predicted octanol–water partition coefficient (Wildman–Crippen LogP) is 1.87. The van der Waals surface area contributed by atoms with Gasteiger partial charge in [-0.15, -0.1) is 0 Å². The Morgan fingerprint density at radius 3 is 2.60 bits per heavy atom. The molecule has 1 rings (SSSR count). The zero-order chi connectivity index (χ0) is 14.8. The van der Waals surface area contributed by atoms with E-state index in [4.69, 9.17) is 4.74 Å². The monoisotopic (exact) mass is 286 g/mol. The molecule has 0 amide bonds. The fourth-order valence-electron chi connectivity index (χ4n) is 2.68. The van der Waals surface area contributed by atoms with Gasteiger partial charge >= 0.3 is 0 Å². The summed E-state index contributed by atoms with van der Waals surface area (Å²) in [5.74, 6) is 0.770. The summed E-state index contributed by atoms with van der Waals surface area (Å²) < 4.78 is 5.52. The fraction of sp³-hybridized carbons (Fsp3) is 1.00. The Morgan fingerprint density at radius 1 is 1.30 bits per heavy atom. The van der Waals surface area contributed by atoms with Crippen molar-refractivity contribution in [3.8, 4) is 0 Å². The fourth-order valence-corrected chi connectivity index (χ4v) is 2.68. The molecule has 4 nitrogen and oxygen atoms in total. The Hall–Kier alpha value is -0.160. The van der Waals surface area contributed by atoms with E-state index in [9.17, 15) is 5.11 Å². The van der Waals surface area contributed by atoms with Crippen LogP contribution in [0.1, 0.15) is 46.5 Å². The maximum Gasteiger partial charge on any atom is 0.0900 e. The summed E-state index contributed by atoms with van der Waals surface area (Å²) in [5.41, 5.74) is 0. The van der Waals surface area contributed by atoms with Crippen LogP contribution in [0.5, 0.6) is 0 Å². The van der Waals surface area contributed by atoms with E-state index in [1.807, 2.05) is 0 Å². The number of aliphatic hydroxyl groups excluding tert-OH is 1. The van der Waals surface area contributed by atoms with Crippen molar-refractivity contribution in [3.63, 3.8) is 0 Å². The predicted molar refractivity (Wildman–Crippen MR) is 84.0 cm³/mol. The number of ether oxygens (including phenoxy) is 1. The molecule has 1 fully saturated rings. The summed E-state index contributed by atoms with van der Waals surface area (Å²) in [6, 6.07) is 0.482. The van der Waals surface area contributed by atoms with Gasteiger partial charge in [0.05, 0.1) is 12.7 Å². The van der Waals surface area contributed by atoms with Crippen molar-refractivity contribution in [3.05, 3.63) is 0 Å². The van der Waals surface area contributed by atoms with Crippen molar-refractivity contribution in [2.75, 3.05) is 39.4 Å². The molecule has 4 heteroatoms. The van der Waals surface area contributed by atoms with Crippen LogP contribution < -0.4 is 5.32 Å². The molecule has 1 saturated heterocycles. The molecule has 1 aliphatic heterocycles. The van der Waals surface area contributed by atoms with Gasteiger partial charge in [0, 0.05) is 25.7 Å². The second-order valence-electron chi connectivity index (χ2n) is 6.32. The lowest BCUT2D eigenvalue weighted by molar-refractivity contribution is 0.00616. The average Bonchev–Trinajstić information content (AvgIpc) is 2.44. The summed E-state index contributed by atoms with van der Waals surface area (Å²) in [7, 11) is 0. The number of nitrogens with one attached hydrogen (secondary N) is 1. The highest BCUT2D eigenvalue weighted by atomic mass is 16.5. The highest BCUT2D eigenvalue weighted by Crippen LogP contribution is 2.15. The molecule has 1 aliphatic rings. The van der Waals surface area contributed by atoms with E-state index in [2.05, 4.69) is 31.0 Å². The summed E-state index contributed by atoms with van der Waals surface area (Å²) in [5, 5.41) is 13.5. The zero-order valence-electron chi connectivity index (χ0n) is 13.6. The summed E-state index contributed by atoms with van der Waals surface area (Å²) >= 11 is 0. The van der Waals surface area contributed by atoms with Crippen molar-refractivity contribution >= 4 is 0 Å². The van der Waals surface area contributed by atoms with Crippen molar-refractivity contribution < 1.29 is 9.84 Å². The Labute approximate surface area is 124 Å². The minimum Gasteiger partial charge on any atom is -0.389 e. The third kappa shape index (κ3) is 7.58. The molecule has 0 aromatic heterocycles. The van der Waals surface area contributed by atoms with E-state index in [-0.39, 0.29) is 6.10 Å². The number of unbranched alkanes of at least 4 members (excludes halogenated alkanes) is 1. The molecule has 0 aromatic carbocycles. The molecule has 2 N–H and O–H groups in total. The Morgan fingerprint density at radius 2 is 2.00 bits per heavy atom. The molecular weight excluding hydrogens is 252 g/mol. The third-order valence-electron chi connectivity index (χ3n) is 4.08. The number of piperidine rings is 1. The van der Waals surface area contributed by atoms with Gasteiger partial charge in [0.25, 0.3) is 0 Å². The topological polar surface area (TPSA) is 44.7 Å². The number of aliphatic hydroxyl groups is 1. The smallest absolute Gasteiger partial charge is 0.0900 e. The van der Waals surface area contributed by atoms with Gasteiger partial charge in [0.2, 0.25) is 0 Å². The minimum absolute atomic E-state index is 0.365. The second kappa shape index (κ2) is 10.6. The Kier molecular flexibility index (Phi) is 9.44. The van der Waals surface area contributed by atoms with E-state index in [0.717, 1.165) is 51.5 Å². The molecule has 1 unspecified atom stereocenters. The average molecular weight is 286 g/mol. The highest BCUT2D eigenvalue weighted by molar-refractivity contribution is 4.76. The molecule has 0 aromatic rings. The lowest BCUT2D eigenvalue weighted by Crippen LogP contribution is -2.44. The normalized spacial score (nSPS) is 18.9. The maximum absolute atomic E-state index is 10.1. The first-order valence-electron chi connectivity index (χ1n) is 8.34. The number of nitrogens with zero attached hydrogens (tertiary/aromatic N) is 1. The second-order valence-corrected chi connectivity index (χ2v) is 6.32. The molecule has 20 heavy (non-hydrogen) atoms. The Balaban J connectivity index is 2.26. The summed E-state index contributed by atoms with van der Waals surface area (Å²) in [6.07, 6.45) is 4.37. The minimum atomic E-state index is -0.365. The largest absolute Gasteiger partial charge is 0.389 e. The molecule has 0 spiro atoms. The van der Waals surface area contributed by atoms with Gasteiger partial charge in [0.15, 0.2) is 0 Å². The van der Waals surface area contributed by atoms with Crippen LogP contribution in [-0.4, -0.2) is 61.5 Å². The molecule has 0 aliphatic carbocycles. The number of hydrogen-bond donors (Lipinski definition) is 2. The van der Waals surface area contributed by atoms with Crippen LogP contribution in [0.3, 0.4) is 0 Å². The summed E-state index contributed by atoms with van der Waals surface area (Å²) in [4.78, 5) is 2.41. The van der Waals surface area contributed by atoms with Crippen molar-refractivity contribution in [1.82, 2.24) is 10.2 Å². The van der Waals surface area contributed by atoms with Crippen molar-refractivity contribution in [2.24, 2.45) is 5.92 Å². The molecule has 1 heterocycles. The molecule has 1 atom stereocenters. The standard InChI is InChI=1S/C16H34N2O2/c1-4-5-10-20-13-16(19)12-18(14(2)3)11-15-6-8-17-9-7-15/h14-17,19H,4-13H2,1-3H3. The van der Waals surface area contributed by atoms with Crippen LogP contribution in [0.15, 0.2) is 0 Å². The van der Waals surface area contributed by atoms with E-state index in [1.165, 1.54) is 12.8 Å². The lowest BCUT2D eigenvalue weighted by atomic mass is 9.97. The van der Waals surface area contributed by atoms with Gasteiger partial charge < -0.3 is 15.2 Å². The molecule has 120 valence electrons. The first-order valence-corrected chi connectivity index (χ1v) is 8.34. The van der Waals surface area contributed by atoms with Crippen LogP contribution >= 0.6 is 0 Å². The maximum atomic E-state index is 10.1. The molecular formula is C16H34N2O2. The van der Waals surface area contributed by atoms with Crippen molar-refractivity contribution in [2.45, 2.75) is 58.6 Å². The lowest BCUT2D eigenvalue weighted by Gasteiger charge is -2.34. The highest BCUT2D eigenvalue weighted by Gasteiger charge is 2.21. The van der Waals surface area contributed by atoms with Gasteiger partial charge in [0.1, 0.15) is 0 Å². The quantitative estimate of drug-likeness (QED) is 0.602. The van der Waals surface area contributed by atoms with Crippen LogP contribution in [0.4, 0.5) is 0 Å². The van der Waals surface area contributed by atoms with Crippen LogP contribution in [0, 0.1) is 5.92 Å². The van der Waals surface area contributed by atoms with Crippen molar-refractivity contribution in [1.29, 1.82) is 0 Å². The van der Waals surface area contributed by atoms with E-state index in [1.54, 1.807) is 0 Å². The van der Waals surface area contributed by atoms with Gasteiger partial charge in [-0.05, 0) is 52.1 Å². The number of rotatable bonds is 10. The zero-order valence-corrected chi connectivity index (χ0v) is 13.6. The van der Waals surface area contributed by atoms with E-state index < -0.39 is 0 Å².